The first-order chi connectivity index (χ1) is 11.6. The molecule has 0 spiro atoms. The van der Waals surface area contributed by atoms with Crippen LogP contribution in [0, 0.1) is 6.92 Å². The van der Waals surface area contributed by atoms with Gasteiger partial charge in [-0.25, -0.2) is 0 Å². The van der Waals surface area contributed by atoms with E-state index in [1.54, 1.807) is 6.20 Å². The van der Waals surface area contributed by atoms with Crippen molar-refractivity contribution in [2.45, 2.75) is 13.0 Å². The molecule has 1 saturated heterocycles. The number of aromatic nitrogens is 1. The molecule has 1 aromatic heterocycles. The number of nitrogens with zero attached hydrogens (tertiary/aromatic N) is 2. The van der Waals surface area contributed by atoms with Gasteiger partial charge in [-0.2, -0.15) is 0 Å². The molecule has 134 valence electrons. The molecule has 1 amide bonds. The molecule has 2 N–H and O–H groups in total. The maximum Gasteiger partial charge on any atom is 0.238 e. The van der Waals surface area contributed by atoms with Gasteiger partial charge >= 0.3 is 0 Å². The summed E-state index contributed by atoms with van der Waals surface area (Å²) in [5.41, 5.74) is 3.09. The van der Waals surface area contributed by atoms with Gasteiger partial charge in [-0.15, -0.1) is 12.4 Å². The van der Waals surface area contributed by atoms with E-state index < -0.39 is 0 Å². The number of halogens is 2. The number of pyridine rings is 1. The molecule has 2 heterocycles. The fourth-order valence-corrected chi connectivity index (χ4v) is 3.53. The zero-order valence-corrected chi connectivity index (χ0v) is 16.4. The normalized spacial score (nSPS) is 17.6. The van der Waals surface area contributed by atoms with Crippen LogP contribution in [0.2, 0.25) is 0 Å². The average Bonchev–Trinajstić information content (AvgIpc) is 2.59. The van der Waals surface area contributed by atoms with Gasteiger partial charge in [0.1, 0.15) is 0 Å². The zero-order chi connectivity index (χ0) is 16.9. The Morgan fingerprint density at radius 3 is 3.00 bits per heavy atom. The topological polar surface area (TPSA) is 57.3 Å². The Labute approximate surface area is 162 Å². The van der Waals surface area contributed by atoms with E-state index in [2.05, 4.69) is 42.5 Å². The van der Waals surface area contributed by atoms with Crippen molar-refractivity contribution in [1.29, 1.82) is 0 Å². The Morgan fingerprint density at radius 1 is 1.44 bits per heavy atom. The molecular formula is C18H22BrClN4O. The third kappa shape index (κ3) is 5.25. The van der Waals surface area contributed by atoms with Crippen LogP contribution in [-0.4, -0.2) is 42.0 Å². The number of carbonyl (C=O) groups excluding carboxylic acids is 1. The number of hydrogen-bond donors (Lipinski definition) is 2. The van der Waals surface area contributed by atoms with Gasteiger partial charge in [0.05, 0.1) is 12.2 Å². The molecule has 2 aromatic rings. The largest absolute Gasteiger partial charge is 0.324 e. The molecule has 7 heteroatoms. The maximum atomic E-state index is 12.5. The van der Waals surface area contributed by atoms with Crippen LogP contribution in [0.15, 0.2) is 47.2 Å². The first-order valence-electron chi connectivity index (χ1n) is 8.04. The molecule has 1 aliphatic heterocycles. The first-order valence-corrected chi connectivity index (χ1v) is 8.83. The lowest BCUT2D eigenvalue weighted by Crippen LogP contribution is -2.48. The van der Waals surface area contributed by atoms with Crippen molar-refractivity contribution in [3.05, 3.63) is 58.3 Å². The average molecular weight is 426 g/mol. The maximum absolute atomic E-state index is 12.5. The Bertz CT molecular complexity index is 713. The molecule has 25 heavy (non-hydrogen) atoms. The van der Waals surface area contributed by atoms with Crippen LogP contribution in [0.3, 0.4) is 0 Å². The number of aryl methyl sites for hydroxylation is 1. The lowest BCUT2D eigenvalue weighted by atomic mass is 10.1. The Morgan fingerprint density at radius 2 is 2.28 bits per heavy atom. The Hall–Kier alpha value is -1.47. The summed E-state index contributed by atoms with van der Waals surface area (Å²) in [7, 11) is 0. The second kappa shape index (κ2) is 9.29. The van der Waals surface area contributed by atoms with Crippen molar-refractivity contribution in [2.24, 2.45) is 0 Å². The van der Waals surface area contributed by atoms with Gasteiger partial charge < -0.3 is 10.6 Å². The summed E-state index contributed by atoms with van der Waals surface area (Å²) in [5, 5.41) is 6.39. The second-order valence-electron chi connectivity index (χ2n) is 6.01. The van der Waals surface area contributed by atoms with E-state index in [0.717, 1.165) is 40.9 Å². The van der Waals surface area contributed by atoms with Crippen molar-refractivity contribution >= 4 is 39.9 Å². The van der Waals surface area contributed by atoms with Crippen LogP contribution in [0.25, 0.3) is 0 Å². The lowest BCUT2D eigenvalue weighted by molar-refractivity contribution is -0.118. The number of nitrogens with one attached hydrogen (secondary N) is 2. The summed E-state index contributed by atoms with van der Waals surface area (Å²) >= 11 is 3.50. The lowest BCUT2D eigenvalue weighted by Gasteiger charge is -2.35. The van der Waals surface area contributed by atoms with Crippen LogP contribution >= 0.6 is 28.3 Å². The van der Waals surface area contributed by atoms with Gasteiger partial charge in [-0.1, -0.05) is 12.1 Å². The molecule has 0 saturated carbocycles. The van der Waals surface area contributed by atoms with Gasteiger partial charge in [-0.05, 0) is 52.2 Å². The highest BCUT2D eigenvalue weighted by molar-refractivity contribution is 9.10. The minimum Gasteiger partial charge on any atom is -0.324 e. The van der Waals surface area contributed by atoms with Gasteiger partial charge in [0.25, 0.3) is 0 Å². The van der Waals surface area contributed by atoms with Gasteiger partial charge in [-0.3, -0.25) is 14.7 Å². The van der Waals surface area contributed by atoms with E-state index in [0.29, 0.717) is 6.54 Å². The highest BCUT2D eigenvalue weighted by atomic mass is 79.9. The smallest absolute Gasteiger partial charge is 0.238 e. The number of rotatable bonds is 4. The quantitative estimate of drug-likeness (QED) is 0.790. The van der Waals surface area contributed by atoms with Gasteiger partial charge in [0.15, 0.2) is 0 Å². The fraction of sp³-hybridized carbons (Fsp3) is 0.333. The molecule has 0 radical (unpaired) electrons. The van der Waals surface area contributed by atoms with Gasteiger partial charge in [0.2, 0.25) is 5.91 Å². The molecule has 0 aliphatic carbocycles. The van der Waals surface area contributed by atoms with Crippen LogP contribution in [0.1, 0.15) is 17.2 Å². The van der Waals surface area contributed by atoms with E-state index >= 15 is 0 Å². The minimum atomic E-state index is -0.00431. The van der Waals surface area contributed by atoms with Crippen LogP contribution in [-0.2, 0) is 4.79 Å². The number of benzene rings is 1. The summed E-state index contributed by atoms with van der Waals surface area (Å²) in [5.74, 6) is -0.00431. The van der Waals surface area contributed by atoms with Crippen LogP contribution in [0.4, 0.5) is 5.69 Å². The molecule has 0 bridgehead atoms. The predicted molar refractivity (Wildman–Crippen MR) is 106 cm³/mol. The zero-order valence-electron chi connectivity index (χ0n) is 14.0. The Balaban J connectivity index is 0.00000225. The summed E-state index contributed by atoms with van der Waals surface area (Å²) in [4.78, 5) is 18.9. The van der Waals surface area contributed by atoms with Gasteiger partial charge in [0, 0.05) is 42.5 Å². The molecular weight excluding hydrogens is 404 g/mol. The molecule has 1 atom stereocenters. The van der Waals surface area contributed by atoms with E-state index in [1.165, 1.54) is 0 Å². The number of hydrogen-bond acceptors (Lipinski definition) is 4. The van der Waals surface area contributed by atoms with Crippen molar-refractivity contribution in [3.63, 3.8) is 0 Å². The third-order valence-electron chi connectivity index (χ3n) is 4.17. The number of carbonyl (C=O) groups is 1. The standard InChI is InChI=1S/C18H21BrN4O.ClH/c1-13-4-5-16(15(19)9-13)22-18(24)12-23-8-7-21-11-17(23)14-3-2-6-20-10-14;/h2-6,9-10,17,21H,7-8,11-12H2,1H3,(H,22,24);1H. The summed E-state index contributed by atoms with van der Waals surface area (Å²) in [6, 6.07) is 10.1. The molecule has 5 nitrogen and oxygen atoms in total. The molecule has 1 unspecified atom stereocenters. The molecule has 3 rings (SSSR count). The number of piperazine rings is 1. The SMILES string of the molecule is Cc1ccc(NC(=O)CN2CCNCC2c2cccnc2)c(Br)c1.Cl. The van der Waals surface area contributed by atoms with E-state index in [9.17, 15) is 4.79 Å². The molecule has 1 aromatic carbocycles. The van der Waals surface area contributed by atoms with Crippen molar-refractivity contribution in [2.75, 3.05) is 31.5 Å². The number of amides is 1. The van der Waals surface area contributed by atoms with Crippen LogP contribution in [0.5, 0.6) is 0 Å². The second-order valence-corrected chi connectivity index (χ2v) is 6.86. The van der Waals surface area contributed by atoms with Crippen molar-refractivity contribution in [3.8, 4) is 0 Å². The van der Waals surface area contributed by atoms with E-state index in [4.69, 9.17) is 0 Å². The highest BCUT2D eigenvalue weighted by Gasteiger charge is 2.25. The summed E-state index contributed by atoms with van der Waals surface area (Å²) in [6.07, 6.45) is 3.64. The van der Waals surface area contributed by atoms with Crippen LogP contribution < -0.4 is 10.6 Å². The summed E-state index contributed by atoms with van der Waals surface area (Å²) < 4.78 is 0.903. The molecule has 1 aliphatic rings. The monoisotopic (exact) mass is 424 g/mol. The van der Waals surface area contributed by atoms with E-state index in [-0.39, 0.29) is 24.4 Å². The van der Waals surface area contributed by atoms with Crippen molar-refractivity contribution in [1.82, 2.24) is 15.2 Å². The summed E-state index contributed by atoms with van der Waals surface area (Å²) in [6.45, 7) is 4.94. The predicted octanol–water partition coefficient (Wildman–Crippen LogP) is 3.16. The van der Waals surface area contributed by atoms with E-state index in [1.807, 2.05) is 37.4 Å². The van der Waals surface area contributed by atoms with Crippen molar-refractivity contribution < 1.29 is 4.79 Å². The number of anilines is 1. The third-order valence-corrected chi connectivity index (χ3v) is 4.82. The highest BCUT2D eigenvalue weighted by Crippen LogP contribution is 2.24. The first kappa shape index (κ1) is 19.8. The Kier molecular flexibility index (Phi) is 7.38. The minimum absolute atomic E-state index is 0. The fourth-order valence-electron chi connectivity index (χ4n) is 2.93. The molecule has 1 fully saturated rings.